The van der Waals surface area contributed by atoms with E-state index in [-0.39, 0.29) is 21.5 Å². The van der Waals surface area contributed by atoms with Gasteiger partial charge in [-0.05, 0) is 15.9 Å². The third-order valence-corrected chi connectivity index (χ3v) is 1.67. The third kappa shape index (κ3) is 2.15. The molecule has 0 radical (unpaired) electrons. The van der Waals surface area contributed by atoms with Crippen LogP contribution in [0.25, 0.3) is 0 Å². The highest BCUT2D eigenvalue weighted by Crippen LogP contribution is 2.06. The van der Waals surface area contributed by atoms with Crippen LogP contribution in [0.3, 0.4) is 0 Å². The fraction of sp³-hybridized carbons (Fsp3) is 0. The van der Waals surface area contributed by atoms with Gasteiger partial charge in [-0.1, -0.05) is 0 Å². The highest BCUT2D eigenvalue weighted by atomic mass is 79.9. The van der Waals surface area contributed by atoms with E-state index in [9.17, 15) is 14.9 Å². The van der Waals surface area contributed by atoms with Crippen LogP contribution < -0.4 is 5.43 Å². The van der Waals surface area contributed by atoms with Crippen LogP contribution >= 0.6 is 32.9 Å². The monoisotopic (exact) mass is 298 g/mol. The Morgan fingerprint density at radius 1 is 1.50 bits per heavy atom. The van der Waals surface area contributed by atoms with E-state index in [0.29, 0.717) is 0 Å². The quantitative estimate of drug-likeness (QED) is 0.632. The molecule has 0 bridgehead atoms. The number of aromatic nitrogens is 1. The van der Waals surface area contributed by atoms with Crippen LogP contribution in [-0.4, -0.2) is 9.91 Å². The van der Waals surface area contributed by atoms with Crippen molar-refractivity contribution >= 4 is 38.6 Å². The van der Waals surface area contributed by atoms with Crippen LogP contribution in [0.1, 0.15) is 0 Å². The van der Waals surface area contributed by atoms with E-state index in [1.54, 1.807) is 0 Å². The van der Waals surface area contributed by atoms with E-state index in [4.69, 9.17) is 0 Å². The fourth-order valence-electron chi connectivity index (χ4n) is 0.583. The predicted molar refractivity (Wildman–Crippen MR) is 51.7 cm³/mol. The van der Waals surface area contributed by atoms with E-state index in [2.05, 4.69) is 20.9 Å². The average Bonchev–Trinajstić information content (AvgIpc) is 1.94. The molecule has 0 atom stereocenters. The van der Waals surface area contributed by atoms with Gasteiger partial charge in [-0.25, -0.2) is 0 Å². The van der Waals surface area contributed by atoms with Crippen molar-refractivity contribution in [1.29, 1.82) is 0 Å². The molecular formula is C5H4Br2N2O3. The lowest BCUT2D eigenvalue weighted by molar-refractivity contribution is -0.386. The van der Waals surface area contributed by atoms with E-state index in [1.807, 2.05) is 0 Å². The topological polar surface area (TPSA) is 76.0 Å². The zero-order chi connectivity index (χ0) is 8.43. The molecule has 0 saturated heterocycles. The second kappa shape index (κ2) is 4.36. The minimum Gasteiger partial charge on any atom is -0.361 e. The summed E-state index contributed by atoms with van der Waals surface area (Å²) >= 11 is 2.87. The summed E-state index contributed by atoms with van der Waals surface area (Å²) in [5.41, 5.74) is -1.08. The minimum absolute atomic E-state index is 0. The molecule has 1 heterocycles. The lowest BCUT2D eigenvalue weighted by Gasteiger charge is -1.89. The van der Waals surface area contributed by atoms with Gasteiger partial charge in [-0.2, -0.15) is 0 Å². The summed E-state index contributed by atoms with van der Waals surface area (Å²) in [5.74, 6) is 0. The van der Waals surface area contributed by atoms with Gasteiger partial charge in [0.2, 0.25) is 0 Å². The first-order chi connectivity index (χ1) is 5.13. The number of halogens is 2. The molecule has 1 aromatic heterocycles. The number of nitrogens with zero attached hydrogens (tertiary/aromatic N) is 1. The van der Waals surface area contributed by atoms with Crippen LogP contribution in [0.15, 0.2) is 21.7 Å². The van der Waals surface area contributed by atoms with Crippen LogP contribution in [0.2, 0.25) is 0 Å². The Morgan fingerprint density at radius 2 is 2.08 bits per heavy atom. The van der Waals surface area contributed by atoms with Gasteiger partial charge < -0.3 is 4.98 Å². The van der Waals surface area contributed by atoms with Gasteiger partial charge in [0.15, 0.2) is 0 Å². The maximum absolute atomic E-state index is 10.9. The predicted octanol–water partition coefficient (Wildman–Crippen LogP) is 1.62. The lowest BCUT2D eigenvalue weighted by atomic mass is 10.4. The fourth-order valence-corrected chi connectivity index (χ4v) is 0.918. The van der Waals surface area contributed by atoms with Crippen molar-refractivity contribution in [3.05, 3.63) is 37.2 Å². The summed E-state index contributed by atoms with van der Waals surface area (Å²) in [5, 5.41) is 10.1. The first-order valence-corrected chi connectivity index (χ1v) is 3.43. The van der Waals surface area contributed by atoms with E-state index >= 15 is 0 Å². The Hall–Kier alpha value is -0.690. The summed E-state index contributed by atoms with van der Waals surface area (Å²) in [6.45, 7) is 0. The molecular weight excluding hydrogens is 296 g/mol. The molecule has 0 unspecified atom stereocenters. The van der Waals surface area contributed by atoms with Gasteiger partial charge in [-0.3, -0.25) is 14.9 Å². The molecule has 0 aliphatic rings. The number of nitrogens with one attached hydrogen (secondary N) is 1. The molecule has 0 aliphatic carbocycles. The number of hydrogen-bond acceptors (Lipinski definition) is 3. The Bertz CT molecular complexity index is 349. The molecule has 0 aromatic carbocycles. The molecule has 66 valence electrons. The van der Waals surface area contributed by atoms with Crippen molar-refractivity contribution in [1.82, 2.24) is 4.98 Å². The second-order valence-corrected chi connectivity index (χ2v) is 2.63. The summed E-state index contributed by atoms with van der Waals surface area (Å²) in [6.07, 6.45) is 2.39. The van der Waals surface area contributed by atoms with Crippen LogP contribution in [-0.2, 0) is 0 Å². The van der Waals surface area contributed by atoms with Gasteiger partial charge in [0, 0.05) is 6.20 Å². The Morgan fingerprint density at radius 3 is 2.50 bits per heavy atom. The molecule has 1 aromatic rings. The molecule has 0 spiro atoms. The Kier molecular flexibility index (Phi) is 4.11. The average molecular weight is 300 g/mol. The van der Waals surface area contributed by atoms with Gasteiger partial charge in [0.1, 0.15) is 0 Å². The standard InChI is InChI=1S/C5H3BrN2O3.BrH/c6-3-1-7-2-4(5(3)9)8(10)11;/h1-2H,(H,7,9);1H. The number of rotatable bonds is 1. The lowest BCUT2D eigenvalue weighted by Crippen LogP contribution is -2.08. The summed E-state index contributed by atoms with van der Waals surface area (Å²) in [6, 6.07) is 0. The first kappa shape index (κ1) is 11.3. The normalized spacial score (nSPS) is 8.75. The second-order valence-electron chi connectivity index (χ2n) is 1.77. The SMILES string of the molecule is Br.O=c1c(Br)c[nH]cc1[N+](=O)[O-]. The minimum atomic E-state index is -0.733. The number of nitro groups is 1. The highest BCUT2D eigenvalue weighted by molar-refractivity contribution is 9.10. The van der Waals surface area contributed by atoms with Gasteiger partial charge in [-0.15, -0.1) is 17.0 Å². The van der Waals surface area contributed by atoms with Crippen molar-refractivity contribution in [2.45, 2.75) is 0 Å². The zero-order valence-electron chi connectivity index (χ0n) is 5.61. The first-order valence-electron chi connectivity index (χ1n) is 2.64. The number of aromatic amines is 1. The van der Waals surface area contributed by atoms with E-state index in [1.165, 1.54) is 6.20 Å². The molecule has 0 amide bonds. The Labute approximate surface area is 85.8 Å². The smallest absolute Gasteiger partial charge is 0.333 e. The number of H-pyrrole nitrogens is 1. The maximum Gasteiger partial charge on any atom is 0.333 e. The van der Waals surface area contributed by atoms with Gasteiger partial charge in [0.05, 0.1) is 15.6 Å². The zero-order valence-corrected chi connectivity index (χ0v) is 8.91. The Balaban J connectivity index is 0.00000121. The van der Waals surface area contributed by atoms with Crippen LogP contribution in [0.4, 0.5) is 5.69 Å². The largest absolute Gasteiger partial charge is 0.361 e. The molecule has 0 aliphatic heterocycles. The maximum atomic E-state index is 10.9. The van der Waals surface area contributed by atoms with Crippen LogP contribution in [0.5, 0.6) is 0 Å². The number of pyridine rings is 1. The van der Waals surface area contributed by atoms with E-state index in [0.717, 1.165) is 6.20 Å². The molecule has 1 rings (SSSR count). The summed E-state index contributed by atoms with van der Waals surface area (Å²) in [7, 11) is 0. The van der Waals surface area contributed by atoms with E-state index < -0.39 is 16.0 Å². The van der Waals surface area contributed by atoms with Gasteiger partial charge >= 0.3 is 5.69 Å². The number of hydrogen-bond donors (Lipinski definition) is 1. The van der Waals surface area contributed by atoms with Crippen LogP contribution in [0, 0.1) is 10.1 Å². The van der Waals surface area contributed by atoms with Crippen molar-refractivity contribution in [3.8, 4) is 0 Å². The summed E-state index contributed by atoms with van der Waals surface area (Å²) < 4.78 is 0.159. The van der Waals surface area contributed by atoms with Crippen molar-refractivity contribution in [3.63, 3.8) is 0 Å². The molecule has 0 fully saturated rings. The van der Waals surface area contributed by atoms with Crippen molar-refractivity contribution in [2.24, 2.45) is 0 Å². The highest BCUT2D eigenvalue weighted by Gasteiger charge is 2.12. The molecule has 7 heteroatoms. The molecule has 5 nitrogen and oxygen atoms in total. The third-order valence-electron chi connectivity index (χ3n) is 1.08. The molecule has 0 saturated carbocycles. The molecule has 12 heavy (non-hydrogen) atoms. The molecule has 1 N–H and O–H groups in total. The van der Waals surface area contributed by atoms with Crippen molar-refractivity contribution in [2.75, 3.05) is 0 Å². The summed E-state index contributed by atoms with van der Waals surface area (Å²) in [4.78, 5) is 22.8. The van der Waals surface area contributed by atoms with Crippen molar-refractivity contribution < 1.29 is 4.92 Å². The van der Waals surface area contributed by atoms with Gasteiger partial charge in [0.25, 0.3) is 5.43 Å².